The summed E-state index contributed by atoms with van der Waals surface area (Å²) in [5.74, 6) is 0.0610. The van der Waals surface area contributed by atoms with Gasteiger partial charge < -0.3 is 19.6 Å². The predicted molar refractivity (Wildman–Crippen MR) is 86.8 cm³/mol. The number of fused-ring (bicyclic) bond motifs is 1. The average Bonchev–Trinajstić information content (AvgIpc) is 2.50. The van der Waals surface area contributed by atoms with E-state index in [4.69, 9.17) is 9.15 Å². The van der Waals surface area contributed by atoms with Gasteiger partial charge in [0.05, 0.1) is 6.61 Å². The van der Waals surface area contributed by atoms with E-state index in [1.165, 1.54) is 18.2 Å². The first-order chi connectivity index (χ1) is 11.0. The molecule has 0 spiro atoms. The van der Waals surface area contributed by atoms with Gasteiger partial charge in [0.2, 0.25) is 5.91 Å². The summed E-state index contributed by atoms with van der Waals surface area (Å²) >= 11 is 0. The molecule has 0 atom stereocenters. The summed E-state index contributed by atoms with van der Waals surface area (Å²) in [6, 6.07) is 4.43. The summed E-state index contributed by atoms with van der Waals surface area (Å²) in [5.41, 5.74) is 0.630. The second-order valence-corrected chi connectivity index (χ2v) is 5.12. The highest BCUT2D eigenvalue weighted by atomic mass is 16.5. The average molecular weight is 317 g/mol. The SMILES string of the molecule is C=CC(=O)NCCCCOc1cc2c(C)cc(=O)oc2cc1O. The monoisotopic (exact) mass is 317 g/mol. The maximum absolute atomic E-state index is 11.3. The van der Waals surface area contributed by atoms with Gasteiger partial charge in [-0.2, -0.15) is 0 Å². The van der Waals surface area contributed by atoms with Crippen LogP contribution in [0, 0.1) is 6.92 Å². The Labute approximate surface area is 133 Å². The molecule has 0 fully saturated rings. The highest BCUT2D eigenvalue weighted by Gasteiger charge is 2.09. The van der Waals surface area contributed by atoms with Crippen LogP contribution in [0.1, 0.15) is 18.4 Å². The van der Waals surface area contributed by atoms with Crippen molar-refractivity contribution in [3.8, 4) is 11.5 Å². The number of carbonyl (C=O) groups is 1. The predicted octanol–water partition coefficient (Wildman–Crippen LogP) is 2.27. The zero-order valence-corrected chi connectivity index (χ0v) is 12.9. The van der Waals surface area contributed by atoms with Crippen LogP contribution in [0.15, 0.2) is 40.1 Å². The maximum Gasteiger partial charge on any atom is 0.336 e. The molecule has 0 saturated heterocycles. The van der Waals surface area contributed by atoms with E-state index in [9.17, 15) is 14.7 Å². The van der Waals surface area contributed by atoms with Crippen molar-refractivity contribution in [2.45, 2.75) is 19.8 Å². The molecule has 0 aliphatic carbocycles. The normalized spacial score (nSPS) is 10.5. The topological polar surface area (TPSA) is 88.8 Å². The van der Waals surface area contributed by atoms with Crippen LogP contribution >= 0.6 is 0 Å². The summed E-state index contributed by atoms with van der Waals surface area (Å²) in [6.07, 6.45) is 2.70. The zero-order chi connectivity index (χ0) is 16.8. The molecule has 2 rings (SSSR count). The molecule has 1 heterocycles. The minimum Gasteiger partial charge on any atom is -0.504 e. The minimum absolute atomic E-state index is 0.0776. The third-order valence-electron chi connectivity index (χ3n) is 3.34. The molecule has 2 N–H and O–H groups in total. The number of rotatable bonds is 7. The van der Waals surface area contributed by atoms with Crippen molar-refractivity contribution < 1.29 is 19.1 Å². The number of amides is 1. The molecule has 0 unspecified atom stereocenters. The molecule has 1 aromatic heterocycles. The van der Waals surface area contributed by atoms with Gasteiger partial charge in [0.15, 0.2) is 11.5 Å². The van der Waals surface area contributed by atoms with Crippen LogP contribution < -0.4 is 15.7 Å². The highest BCUT2D eigenvalue weighted by molar-refractivity contribution is 5.86. The summed E-state index contributed by atoms with van der Waals surface area (Å²) in [5, 5.41) is 13.3. The molecule has 0 aliphatic heterocycles. The van der Waals surface area contributed by atoms with E-state index >= 15 is 0 Å². The number of aryl methyl sites for hydroxylation is 1. The van der Waals surface area contributed by atoms with Gasteiger partial charge in [-0.15, -0.1) is 0 Å². The number of hydrogen-bond donors (Lipinski definition) is 2. The smallest absolute Gasteiger partial charge is 0.336 e. The van der Waals surface area contributed by atoms with E-state index in [2.05, 4.69) is 11.9 Å². The number of nitrogens with one attached hydrogen (secondary N) is 1. The Hall–Kier alpha value is -2.76. The first-order valence-electron chi connectivity index (χ1n) is 7.32. The summed E-state index contributed by atoms with van der Waals surface area (Å²) < 4.78 is 10.6. The Morgan fingerprint density at radius 2 is 2.17 bits per heavy atom. The van der Waals surface area contributed by atoms with Crippen molar-refractivity contribution in [3.05, 3.63) is 46.8 Å². The van der Waals surface area contributed by atoms with E-state index in [-0.39, 0.29) is 11.7 Å². The van der Waals surface area contributed by atoms with Crippen LogP contribution in [0.4, 0.5) is 0 Å². The number of aromatic hydroxyl groups is 1. The molecule has 6 nitrogen and oxygen atoms in total. The standard InChI is InChI=1S/C17H19NO5/c1-3-16(20)18-6-4-5-7-22-15-9-12-11(2)8-17(21)23-14(12)10-13(15)19/h3,8-10,19H,1,4-7H2,2H3,(H,18,20). The van der Waals surface area contributed by atoms with Crippen molar-refractivity contribution in [2.75, 3.05) is 13.2 Å². The van der Waals surface area contributed by atoms with Crippen LogP contribution in [-0.2, 0) is 4.79 Å². The van der Waals surface area contributed by atoms with Crippen molar-refractivity contribution in [3.63, 3.8) is 0 Å². The molecule has 23 heavy (non-hydrogen) atoms. The molecule has 0 bridgehead atoms. The number of carbonyl (C=O) groups excluding carboxylic acids is 1. The number of hydrogen-bond acceptors (Lipinski definition) is 5. The van der Waals surface area contributed by atoms with Crippen molar-refractivity contribution >= 4 is 16.9 Å². The first kappa shape index (κ1) is 16.6. The largest absolute Gasteiger partial charge is 0.504 e. The molecule has 0 saturated carbocycles. The molecule has 0 aliphatic rings. The molecular formula is C17H19NO5. The number of benzene rings is 1. The molecular weight excluding hydrogens is 298 g/mol. The molecule has 0 radical (unpaired) electrons. The van der Waals surface area contributed by atoms with Crippen LogP contribution in [0.2, 0.25) is 0 Å². The van der Waals surface area contributed by atoms with Gasteiger partial charge in [0.1, 0.15) is 5.58 Å². The third-order valence-corrected chi connectivity index (χ3v) is 3.34. The van der Waals surface area contributed by atoms with Crippen molar-refractivity contribution in [2.24, 2.45) is 0 Å². The Morgan fingerprint density at radius 1 is 1.39 bits per heavy atom. The van der Waals surface area contributed by atoms with Gasteiger partial charge in [-0.3, -0.25) is 4.79 Å². The lowest BCUT2D eigenvalue weighted by Gasteiger charge is -2.10. The Balaban J connectivity index is 1.95. The number of phenols is 1. The van der Waals surface area contributed by atoms with Gasteiger partial charge in [-0.25, -0.2) is 4.79 Å². The van der Waals surface area contributed by atoms with E-state index in [1.807, 2.05) is 0 Å². The lowest BCUT2D eigenvalue weighted by atomic mass is 10.1. The third kappa shape index (κ3) is 4.35. The second-order valence-electron chi connectivity index (χ2n) is 5.12. The van der Waals surface area contributed by atoms with Crippen LogP contribution in [-0.4, -0.2) is 24.2 Å². The van der Waals surface area contributed by atoms with Crippen molar-refractivity contribution in [1.82, 2.24) is 5.32 Å². The summed E-state index contributed by atoms with van der Waals surface area (Å²) in [4.78, 5) is 22.3. The van der Waals surface area contributed by atoms with Gasteiger partial charge in [-0.1, -0.05) is 6.58 Å². The van der Waals surface area contributed by atoms with E-state index in [1.54, 1.807) is 13.0 Å². The first-order valence-corrected chi connectivity index (χ1v) is 7.32. The second kappa shape index (κ2) is 7.49. The maximum atomic E-state index is 11.3. The fourth-order valence-corrected chi connectivity index (χ4v) is 2.14. The van der Waals surface area contributed by atoms with Gasteiger partial charge in [0.25, 0.3) is 0 Å². The van der Waals surface area contributed by atoms with Crippen molar-refractivity contribution in [1.29, 1.82) is 0 Å². The van der Waals surface area contributed by atoms with Gasteiger partial charge >= 0.3 is 5.63 Å². The van der Waals surface area contributed by atoms with Crippen LogP contribution in [0.5, 0.6) is 11.5 Å². The quantitative estimate of drug-likeness (QED) is 0.464. The van der Waals surface area contributed by atoms with Crippen LogP contribution in [0.3, 0.4) is 0 Å². The molecule has 122 valence electrons. The molecule has 1 aromatic carbocycles. The minimum atomic E-state index is -0.454. The number of phenolic OH excluding ortho intramolecular Hbond substituents is 1. The molecule has 2 aromatic rings. The summed E-state index contributed by atoms with van der Waals surface area (Å²) in [6.45, 7) is 6.11. The number of unbranched alkanes of at least 4 members (excludes halogenated alkanes) is 1. The van der Waals surface area contributed by atoms with Gasteiger partial charge in [0, 0.05) is 24.1 Å². The van der Waals surface area contributed by atoms with E-state index in [0.29, 0.717) is 24.5 Å². The summed E-state index contributed by atoms with van der Waals surface area (Å²) in [7, 11) is 0. The Morgan fingerprint density at radius 3 is 2.91 bits per heavy atom. The number of ether oxygens (including phenoxy) is 1. The zero-order valence-electron chi connectivity index (χ0n) is 12.9. The molecule has 1 amide bonds. The fourth-order valence-electron chi connectivity index (χ4n) is 2.14. The van der Waals surface area contributed by atoms with E-state index < -0.39 is 5.63 Å². The lowest BCUT2D eigenvalue weighted by Crippen LogP contribution is -2.22. The van der Waals surface area contributed by atoms with Gasteiger partial charge in [-0.05, 0) is 37.5 Å². The molecule has 6 heteroatoms. The van der Waals surface area contributed by atoms with Crippen LogP contribution in [0.25, 0.3) is 11.0 Å². The fraction of sp³-hybridized carbons (Fsp3) is 0.294. The lowest BCUT2D eigenvalue weighted by molar-refractivity contribution is -0.116. The highest BCUT2D eigenvalue weighted by Crippen LogP contribution is 2.32. The Kier molecular flexibility index (Phi) is 5.41. The van der Waals surface area contributed by atoms with E-state index in [0.717, 1.165) is 23.8 Å². The Bertz CT molecular complexity index is 778.